The molecule has 6 heteroatoms. The number of carbonyl (C=O) groups excluding carboxylic acids is 1. The Kier molecular flexibility index (Phi) is 5.25. The number of carbonyl (C=O) groups is 1. The van der Waals surface area contributed by atoms with Crippen LogP contribution >= 0.6 is 0 Å². The molecule has 1 aliphatic carbocycles. The van der Waals surface area contributed by atoms with Crippen LogP contribution in [0.1, 0.15) is 56.2 Å². The van der Waals surface area contributed by atoms with E-state index in [4.69, 9.17) is 0 Å². The van der Waals surface area contributed by atoms with Crippen LogP contribution in [0.3, 0.4) is 0 Å². The van der Waals surface area contributed by atoms with Gasteiger partial charge in [0.2, 0.25) is 15.9 Å². The lowest BCUT2D eigenvalue weighted by molar-refractivity contribution is -0.116. The van der Waals surface area contributed by atoms with E-state index in [0.717, 1.165) is 29.7 Å². The van der Waals surface area contributed by atoms with Crippen LogP contribution in [0, 0.1) is 0 Å². The SMILES string of the molecule is CC(=O)N1CCc2cc(S(=O)(=O)N(Cc3ccc(C(C)C)cc3)C3CC3)ccc21. The summed E-state index contributed by atoms with van der Waals surface area (Å²) in [6.45, 7) is 6.85. The van der Waals surface area contributed by atoms with E-state index >= 15 is 0 Å². The molecule has 5 nitrogen and oxygen atoms in total. The van der Waals surface area contributed by atoms with Gasteiger partial charge in [-0.05, 0) is 60.1 Å². The van der Waals surface area contributed by atoms with E-state index in [1.54, 1.807) is 34.3 Å². The molecule has 0 unspecified atom stereocenters. The predicted molar refractivity (Wildman–Crippen MR) is 114 cm³/mol. The molecule has 1 saturated carbocycles. The van der Waals surface area contributed by atoms with Crippen LogP contribution in [0.4, 0.5) is 5.69 Å². The topological polar surface area (TPSA) is 57.7 Å². The van der Waals surface area contributed by atoms with Crippen LogP contribution in [0.5, 0.6) is 0 Å². The van der Waals surface area contributed by atoms with E-state index in [9.17, 15) is 13.2 Å². The molecule has 1 amide bonds. The van der Waals surface area contributed by atoms with Crippen LogP contribution in [-0.2, 0) is 27.8 Å². The second-order valence-corrected chi connectivity index (χ2v) is 10.3. The number of sulfonamides is 1. The average molecular weight is 413 g/mol. The van der Waals surface area contributed by atoms with Gasteiger partial charge in [-0.15, -0.1) is 0 Å². The fourth-order valence-electron chi connectivity index (χ4n) is 3.96. The third kappa shape index (κ3) is 3.96. The van der Waals surface area contributed by atoms with Crippen molar-refractivity contribution in [2.75, 3.05) is 11.4 Å². The Labute approximate surface area is 173 Å². The van der Waals surface area contributed by atoms with E-state index in [2.05, 4.69) is 26.0 Å². The molecule has 0 saturated heterocycles. The zero-order valence-corrected chi connectivity index (χ0v) is 18.1. The summed E-state index contributed by atoms with van der Waals surface area (Å²) in [6, 6.07) is 13.5. The number of amides is 1. The van der Waals surface area contributed by atoms with Gasteiger partial charge in [0.05, 0.1) is 4.90 Å². The second kappa shape index (κ2) is 7.58. The van der Waals surface area contributed by atoms with Gasteiger partial charge in [-0.2, -0.15) is 4.31 Å². The number of fused-ring (bicyclic) bond motifs is 1. The fourth-order valence-corrected chi connectivity index (χ4v) is 5.69. The standard InChI is InChI=1S/C23H28N2O3S/c1-16(2)19-6-4-18(5-7-19)15-25(21-8-9-21)29(27,28)22-10-11-23-20(14-22)12-13-24(23)17(3)26/h4-7,10-11,14,16,21H,8-9,12-13,15H2,1-3H3. The zero-order chi connectivity index (χ0) is 20.8. The summed E-state index contributed by atoms with van der Waals surface area (Å²) in [5, 5.41) is 0. The third-order valence-corrected chi connectivity index (χ3v) is 7.77. The van der Waals surface area contributed by atoms with Crippen LogP contribution in [0.15, 0.2) is 47.4 Å². The van der Waals surface area contributed by atoms with Crippen molar-refractivity contribution in [2.45, 2.75) is 63.4 Å². The number of nitrogens with zero attached hydrogens (tertiary/aromatic N) is 2. The molecule has 0 atom stereocenters. The molecule has 29 heavy (non-hydrogen) atoms. The maximum absolute atomic E-state index is 13.5. The van der Waals surface area contributed by atoms with Gasteiger partial charge >= 0.3 is 0 Å². The molecule has 0 radical (unpaired) electrons. The van der Waals surface area contributed by atoms with Crippen molar-refractivity contribution in [1.29, 1.82) is 0 Å². The number of benzene rings is 2. The first-order valence-corrected chi connectivity index (χ1v) is 11.7. The van der Waals surface area contributed by atoms with Crippen molar-refractivity contribution in [2.24, 2.45) is 0 Å². The lowest BCUT2D eigenvalue weighted by atomic mass is 10.0. The summed E-state index contributed by atoms with van der Waals surface area (Å²) in [4.78, 5) is 13.8. The quantitative estimate of drug-likeness (QED) is 0.719. The van der Waals surface area contributed by atoms with E-state index < -0.39 is 10.0 Å². The molecule has 2 aromatic carbocycles. The maximum Gasteiger partial charge on any atom is 0.243 e. The number of hydrogen-bond donors (Lipinski definition) is 0. The van der Waals surface area contributed by atoms with E-state index in [1.807, 2.05) is 12.1 Å². The van der Waals surface area contributed by atoms with Crippen molar-refractivity contribution in [1.82, 2.24) is 4.31 Å². The minimum absolute atomic E-state index is 0.0104. The molecule has 1 heterocycles. The van der Waals surface area contributed by atoms with Crippen LogP contribution in [-0.4, -0.2) is 31.2 Å². The minimum Gasteiger partial charge on any atom is -0.312 e. The molecule has 2 aromatic rings. The van der Waals surface area contributed by atoms with Gasteiger partial charge in [-0.25, -0.2) is 8.42 Å². The Hall–Kier alpha value is -2.18. The fraction of sp³-hybridized carbons (Fsp3) is 0.435. The summed E-state index contributed by atoms with van der Waals surface area (Å²) in [5.74, 6) is 0.442. The molecule has 4 rings (SSSR count). The summed E-state index contributed by atoms with van der Waals surface area (Å²) < 4.78 is 28.6. The molecule has 0 N–H and O–H groups in total. The van der Waals surface area contributed by atoms with Gasteiger partial charge in [-0.1, -0.05) is 38.1 Å². The van der Waals surface area contributed by atoms with Gasteiger partial charge in [0.1, 0.15) is 0 Å². The van der Waals surface area contributed by atoms with Gasteiger partial charge in [-0.3, -0.25) is 4.79 Å². The molecule has 0 spiro atoms. The van der Waals surface area contributed by atoms with Gasteiger partial charge in [0, 0.05) is 31.7 Å². The molecular weight excluding hydrogens is 384 g/mol. The first kappa shape index (κ1) is 20.1. The minimum atomic E-state index is -3.59. The molecule has 1 fully saturated rings. The Balaban J connectivity index is 1.61. The molecule has 0 aromatic heterocycles. The highest BCUT2D eigenvalue weighted by atomic mass is 32.2. The van der Waals surface area contributed by atoms with Crippen LogP contribution in [0.25, 0.3) is 0 Å². The van der Waals surface area contributed by atoms with E-state index in [-0.39, 0.29) is 11.9 Å². The van der Waals surface area contributed by atoms with Gasteiger partial charge in [0.25, 0.3) is 0 Å². The molecule has 0 bridgehead atoms. The van der Waals surface area contributed by atoms with Gasteiger partial charge < -0.3 is 4.90 Å². The highest BCUT2D eigenvalue weighted by Gasteiger charge is 2.38. The highest BCUT2D eigenvalue weighted by Crippen LogP contribution is 2.36. The first-order valence-electron chi connectivity index (χ1n) is 10.3. The third-order valence-electron chi connectivity index (χ3n) is 5.87. The molecule has 154 valence electrons. The zero-order valence-electron chi connectivity index (χ0n) is 17.3. The summed E-state index contributed by atoms with van der Waals surface area (Å²) in [6.07, 6.45) is 2.51. The van der Waals surface area contributed by atoms with E-state index in [0.29, 0.717) is 30.3 Å². The van der Waals surface area contributed by atoms with Crippen molar-refractivity contribution in [3.05, 3.63) is 59.2 Å². The highest BCUT2D eigenvalue weighted by molar-refractivity contribution is 7.89. The smallest absolute Gasteiger partial charge is 0.243 e. The lowest BCUT2D eigenvalue weighted by Crippen LogP contribution is -2.32. The molecular formula is C23H28N2O3S. The summed E-state index contributed by atoms with van der Waals surface area (Å²) in [5.41, 5.74) is 4.02. The largest absolute Gasteiger partial charge is 0.312 e. The number of rotatable bonds is 6. The number of anilines is 1. The van der Waals surface area contributed by atoms with Crippen LogP contribution in [0.2, 0.25) is 0 Å². The maximum atomic E-state index is 13.5. The monoisotopic (exact) mass is 412 g/mol. The molecule has 1 aliphatic heterocycles. The summed E-state index contributed by atoms with van der Waals surface area (Å²) >= 11 is 0. The summed E-state index contributed by atoms with van der Waals surface area (Å²) in [7, 11) is -3.59. The van der Waals surface area contributed by atoms with Crippen molar-refractivity contribution >= 4 is 21.6 Å². The van der Waals surface area contributed by atoms with E-state index in [1.165, 1.54) is 5.56 Å². The Morgan fingerprint density at radius 3 is 2.41 bits per heavy atom. The normalized spacial score (nSPS) is 16.5. The van der Waals surface area contributed by atoms with Crippen molar-refractivity contribution in [3.63, 3.8) is 0 Å². The van der Waals surface area contributed by atoms with Crippen molar-refractivity contribution < 1.29 is 13.2 Å². The van der Waals surface area contributed by atoms with Crippen LogP contribution < -0.4 is 4.90 Å². The lowest BCUT2D eigenvalue weighted by Gasteiger charge is -2.23. The predicted octanol–water partition coefficient (Wildman–Crippen LogP) is 4.07. The second-order valence-electron chi connectivity index (χ2n) is 8.39. The molecule has 2 aliphatic rings. The number of hydrogen-bond acceptors (Lipinski definition) is 3. The average Bonchev–Trinajstić information content (AvgIpc) is 3.43. The Bertz CT molecular complexity index is 1020. The van der Waals surface area contributed by atoms with Gasteiger partial charge in [0.15, 0.2) is 0 Å². The first-order chi connectivity index (χ1) is 13.8. The van der Waals surface area contributed by atoms with Crippen molar-refractivity contribution in [3.8, 4) is 0 Å². The Morgan fingerprint density at radius 2 is 1.83 bits per heavy atom. The Morgan fingerprint density at radius 1 is 1.14 bits per heavy atom.